The van der Waals surface area contributed by atoms with Gasteiger partial charge in [-0.1, -0.05) is 19.1 Å². The summed E-state index contributed by atoms with van der Waals surface area (Å²) in [6, 6.07) is 3.48. The third-order valence-electron chi connectivity index (χ3n) is 3.01. The summed E-state index contributed by atoms with van der Waals surface area (Å²) in [6.45, 7) is 5.07. The Morgan fingerprint density at radius 2 is 2.00 bits per heavy atom. The lowest BCUT2D eigenvalue weighted by Gasteiger charge is -2.17. The minimum Gasteiger partial charge on any atom is -0.465 e. The SMILES string of the molecule is CC/C=C\C(=O)/C(=C\C=C\c1ccco1)C(=O)N(CC)C(C)=O. The molecule has 5 heteroatoms. The fourth-order valence-corrected chi connectivity index (χ4v) is 1.85. The Balaban J connectivity index is 3.10. The first kappa shape index (κ1) is 18.4. The molecule has 0 spiro atoms. The van der Waals surface area contributed by atoms with Gasteiger partial charge < -0.3 is 4.42 Å². The van der Waals surface area contributed by atoms with Crippen LogP contribution in [0.4, 0.5) is 0 Å². The molecule has 0 saturated heterocycles. The Hall–Kier alpha value is -2.69. The molecule has 1 aromatic rings. The van der Waals surface area contributed by atoms with Crippen LogP contribution >= 0.6 is 0 Å². The van der Waals surface area contributed by atoms with Crippen molar-refractivity contribution in [3.63, 3.8) is 0 Å². The molecule has 0 saturated carbocycles. The van der Waals surface area contributed by atoms with E-state index in [9.17, 15) is 14.4 Å². The summed E-state index contributed by atoms with van der Waals surface area (Å²) in [5.41, 5.74) is -0.0606. The highest BCUT2D eigenvalue weighted by Crippen LogP contribution is 2.09. The minimum atomic E-state index is -0.602. The number of furan rings is 1. The summed E-state index contributed by atoms with van der Waals surface area (Å²) in [7, 11) is 0. The van der Waals surface area contributed by atoms with Crippen molar-refractivity contribution >= 4 is 23.7 Å². The van der Waals surface area contributed by atoms with Crippen LogP contribution in [0.5, 0.6) is 0 Å². The molecule has 1 rings (SSSR count). The van der Waals surface area contributed by atoms with Crippen LogP contribution in [-0.2, 0) is 14.4 Å². The van der Waals surface area contributed by atoms with Crippen molar-refractivity contribution in [1.29, 1.82) is 0 Å². The van der Waals surface area contributed by atoms with E-state index in [2.05, 4.69) is 0 Å². The first-order valence-electron chi connectivity index (χ1n) is 7.46. The number of carbonyl (C=O) groups is 3. The molecular formula is C18H21NO4. The molecule has 0 unspecified atom stereocenters. The van der Waals surface area contributed by atoms with E-state index in [0.717, 1.165) is 4.90 Å². The van der Waals surface area contributed by atoms with Gasteiger partial charge in [0.1, 0.15) is 5.76 Å². The fourth-order valence-electron chi connectivity index (χ4n) is 1.85. The zero-order valence-corrected chi connectivity index (χ0v) is 13.6. The Kier molecular flexibility index (Phi) is 7.47. The molecule has 0 radical (unpaired) electrons. The quantitative estimate of drug-likeness (QED) is 0.335. The van der Waals surface area contributed by atoms with E-state index in [0.29, 0.717) is 12.2 Å². The first-order chi connectivity index (χ1) is 11.0. The molecule has 0 fully saturated rings. The van der Waals surface area contributed by atoms with Gasteiger partial charge in [-0.15, -0.1) is 0 Å². The number of ketones is 1. The van der Waals surface area contributed by atoms with Gasteiger partial charge in [0, 0.05) is 13.5 Å². The highest BCUT2D eigenvalue weighted by molar-refractivity contribution is 6.25. The number of imide groups is 1. The number of nitrogens with zero attached hydrogens (tertiary/aromatic N) is 1. The van der Waals surface area contributed by atoms with E-state index in [1.807, 2.05) is 6.92 Å². The van der Waals surface area contributed by atoms with E-state index in [-0.39, 0.29) is 12.1 Å². The standard InChI is InChI=1S/C18H21NO4/c1-4-6-12-17(21)16(18(22)19(5-2)14(3)20)11-7-9-15-10-8-13-23-15/h6-13H,4-5H2,1-3H3/b9-7+,12-6-,16-11+. The van der Waals surface area contributed by atoms with Crippen LogP contribution in [0.1, 0.15) is 33.0 Å². The molecule has 0 bridgehead atoms. The van der Waals surface area contributed by atoms with Gasteiger partial charge in [0.2, 0.25) is 5.91 Å². The van der Waals surface area contributed by atoms with Crippen molar-refractivity contribution in [2.24, 2.45) is 0 Å². The lowest BCUT2D eigenvalue weighted by molar-refractivity contribution is -0.141. The van der Waals surface area contributed by atoms with Crippen molar-refractivity contribution in [2.45, 2.75) is 27.2 Å². The molecular weight excluding hydrogens is 294 g/mol. The highest BCUT2D eigenvalue weighted by Gasteiger charge is 2.23. The van der Waals surface area contributed by atoms with Crippen molar-refractivity contribution in [1.82, 2.24) is 4.90 Å². The van der Waals surface area contributed by atoms with Crippen LogP contribution in [0, 0.1) is 0 Å². The van der Waals surface area contributed by atoms with Gasteiger partial charge in [0.05, 0.1) is 11.8 Å². The second-order valence-corrected chi connectivity index (χ2v) is 4.70. The zero-order chi connectivity index (χ0) is 17.2. The van der Waals surface area contributed by atoms with Crippen molar-refractivity contribution in [3.8, 4) is 0 Å². The smallest absolute Gasteiger partial charge is 0.264 e. The summed E-state index contributed by atoms with van der Waals surface area (Å²) >= 11 is 0. The maximum atomic E-state index is 12.4. The average molecular weight is 315 g/mol. The first-order valence-corrected chi connectivity index (χ1v) is 7.46. The molecule has 5 nitrogen and oxygen atoms in total. The van der Waals surface area contributed by atoms with Gasteiger partial charge >= 0.3 is 0 Å². The molecule has 1 heterocycles. The molecule has 2 amide bonds. The van der Waals surface area contributed by atoms with Gasteiger partial charge in [-0.2, -0.15) is 0 Å². The second kappa shape index (κ2) is 9.35. The van der Waals surface area contributed by atoms with Crippen molar-refractivity contribution < 1.29 is 18.8 Å². The van der Waals surface area contributed by atoms with E-state index >= 15 is 0 Å². The number of hydrogen-bond acceptors (Lipinski definition) is 4. The van der Waals surface area contributed by atoms with Crippen LogP contribution in [0.2, 0.25) is 0 Å². The number of likely N-dealkylation sites (N-methyl/N-ethyl adjacent to an activating group) is 1. The number of hydrogen-bond donors (Lipinski definition) is 0. The molecule has 0 aliphatic rings. The van der Waals surface area contributed by atoms with Crippen LogP contribution in [-0.4, -0.2) is 29.0 Å². The van der Waals surface area contributed by atoms with E-state index in [1.165, 1.54) is 25.3 Å². The fraction of sp³-hybridized carbons (Fsp3) is 0.278. The molecule has 0 atom stereocenters. The molecule has 23 heavy (non-hydrogen) atoms. The Morgan fingerprint density at radius 3 is 2.52 bits per heavy atom. The third-order valence-corrected chi connectivity index (χ3v) is 3.01. The minimum absolute atomic E-state index is 0.0606. The van der Waals surface area contributed by atoms with Gasteiger partial charge in [-0.3, -0.25) is 19.3 Å². The summed E-state index contributed by atoms with van der Waals surface area (Å²) in [5.74, 6) is -0.829. The Morgan fingerprint density at radius 1 is 1.26 bits per heavy atom. The van der Waals surface area contributed by atoms with Crippen molar-refractivity contribution in [2.75, 3.05) is 6.54 Å². The van der Waals surface area contributed by atoms with Crippen LogP contribution in [0.25, 0.3) is 6.08 Å². The predicted octanol–water partition coefficient (Wildman–Crippen LogP) is 3.15. The normalized spacial score (nSPS) is 12.0. The molecule has 122 valence electrons. The maximum absolute atomic E-state index is 12.4. The van der Waals surface area contributed by atoms with Gasteiger partial charge in [-0.25, -0.2) is 0 Å². The van der Waals surface area contributed by atoms with Gasteiger partial charge in [-0.05, 0) is 43.7 Å². The topological polar surface area (TPSA) is 67.6 Å². The molecule has 0 aliphatic carbocycles. The lowest BCUT2D eigenvalue weighted by Crippen LogP contribution is -2.37. The number of amides is 2. The predicted molar refractivity (Wildman–Crippen MR) is 88.3 cm³/mol. The monoisotopic (exact) mass is 315 g/mol. The van der Waals surface area contributed by atoms with E-state index < -0.39 is 17.6 Å². The van der Waals surface area contributed by atoms with Crippen LogP contribution < -0.4 is 0 Å². The summed E-state index contributed by atoms with van der Waals surface area (Å²) < 4.78 is 5.14. The Labute approximate surface area is 136 Å². The zero-order valence-electron chi connectivity index (χ0n) is 13.6. The third kappa shape index (κ3) is 5.54. The van der Waals surface area contributed by atoms with E-state index in [4.69, 9.17) is 4.42 Å². The van der Waals surface area contributed by atoms with Gasteiger partial charge in [0.15, 0.2) is 5.78 Å². The molecule has 0 N–H and O–H groups in total. The summed E-state index contributed by atoms with van der Waals surface area (Å²) in [4.78, 5) is 37.2. The molecule has 0 aliphatic heterocycles. The molecule has 1 aromatic heterocycles. The lowest BCUT2D eigenvalue weighted by atomic mass is 10.1. The number of rotatable bonds is 7. The van der Waals surface area contributed by atoms with Gasteiger partial charge in [0.25, 0.3) is 5.91 Å². The Bertz CT molecular complexity index is 636. The van der Waals surface area contributed by atoms with E-state index in [1.54, 1.807) is 37.3 Å². The van der Waals surface area contributed by atoms with Crippen molar-refractivity contribution in [3.05, 3.63) is 54.0 Å². The summed E-state index contributed by atoms with van der Waals surface area (Å²) in [5, 5.41) is 0. The van der Waals surface area contributed by atoms with Crippen LogP contribution in [0.15, 0.2) is 52.7 Å². The maximum Gasteiger partial charge on any atom is 0.264 e. The number of allylic oxidation sites excluding steroid dienone is 4. The highest BCUT2D eigenvalue weighted by atomic mass is 16.3. The average Bonchev–Trinajstić information content (AvgIpc) is 3.02. The number of carbonyl (C=O) groups excluding carboxylic acids is 3. The summed E-state index contributed by atoms with van der Waals surface area (Å²) in [6.07, 6.45) is 9.81. The largest absolute Gasteiger partial charge is 0.465 e. The second-order valence-electron chi connectivity index (χ2n) is 4.70. The molecule has 0 aromatic carbocycles. The van der Waals surface area contributed by atoms with Crippen LogP contribution in [0.3, 0.4) is 0 Å².